The molecule has 26 atom stereocenters. The molecule has 0 aromatic carbocycles. The SMILES string of the molecule is CC(=O)OC1(C(C)=O)CCC2C3C=C(C)C4=CC(=O)CCC4(C)C3CCC21C.CCC(C)C1OC2(C=CC1C)CC1CC(CC=C(C)C(OC3CC(OC)C(OC4CC(OC)C(O)C(C)O4)C(C)O3)C(C)C=CC=C3COC4C(O)C(C)=CC(C(=O)O1)C34O)O2. The highest BCUT2D eigenvalue weighted by Crippen LogP contribution is 2.68. The Balaban J connectivity index is 0.000000264. The molecule has 6 aliphatic heterocycles. The lowest BCUT2D eigenvalue weighted by Gasteiger charge is -2.58. The van der Waals surface area contributed by atoms with Gasteiger partial charge in [0.25, 0.3) is 0 Å². The number of rotatable bonds is 10. The summed E-state index contributed by atoms with van der Waals surface area (Å²) in [6.45, 7) is 25.7. The number of Topliss-reactive ketones (excluding diaryl/α,β-unsaturated/α-hetero) is 1. The monoisotopic (exact) mass is 1260 g/mol. The lowest BCUT2D eigenvalue weighted by atomic mass is 9.47. The second-order valence-corrected chi connectivity index (χ2v) is 29.0. The van der Waals surface area contributed by atoms with Crippen LogP contribution in [0, 0.1) is 52.3 Å². The van der Waals surface area contributed by atoms with Crippen LogP contribution in [-0.4, -0.2) is 162 Å². The molecule has 6 heterocycles. The minimum Gasteiger partial charge on any atom is -0.462 e. The number of aliphatic hydroxyl groups excluding tert-OH is 2. The van der Waals surface area contributed by atoms with E-state index in [-0.39, 0.29) is 71.0 Å². The molecular weight excluding hydrogens is 1150 g/mol. The maximum atomic E-state index is 14.3. The summed E-state index contributed by atoms with van der Waals surface area (Å²) in [5.41, 5.74) is 1.29. The van der Waals surface area contributed by atoms with E-state index in [1.54, 1.807) is 47.1 Å². The van der Waals surface area contributed by atoms with Gasteiger partial charge in [0.15, 0.2) is 35.5 Å². The van der Waals surface area contributed by atoms with E-state index in [0.717, 1.165) is 37.7 Å². The van der Waals surface area contributed by atoms with Crippen molar-refractivity contribution in [2.24, 2.45) is 52.3 Å². The standard InChI is InChI=1S/C48H72O14.C24H32O4/c1-11-25(2)43-28(5)17-18-47(62-43)23-34-20-33(61-47)16-15-27(4)42(26(3)13-12-14-32-24-55-45-40(49)29(6)19-35(46(51)58-34)48(32,45)52)59-39-22-37(54-10)44(31(8)57-39)60-38-21-36(53-9)41(50)30(7)56-38;1-14-12-18-19(22(4)9-6-17(27)13-21(14)22)7-10-23(5)20(18)8-11-24(23,15(2)25)28-16(3)26/h12-15,17-19,25-26,28,30-31,33-45,49-50,52H,11,16,20-24H2,1-10H3;12-13,18-20H,6-11H2,1-5H3. The van der Waals surface area contributed by atoms with Crippen LogP contribution in [-0.2, 0) is 71.3 Å². The van der Waals surface area contributed by atoms with Gasteiger partial charge >= 0.3 is 11.9 Å². The summed E-state index contributed by atoms with van der Waals surface area (Å²) in [4.78, 5) is 51.1. The molecule has 4 saturated heterocycles. The van der Waals surface area contributed by atoms with Gasteiger partial charge in [-0.15, -0.1) is 0 Å². The first-order valence-corrected chi connectivity index (χ1v) is 33.6. The quantitative estimate of drug-likeness (QED) is 0.136. The van der Waals surface area contributed by atoms with Crippen molar-refractivity contribution in [3.8, 4) is 0 Å². The number of ether oxygens (including phenoxy) is 11. The lowest BCUT2D eigenvalue weighted by Crippen LogP contribution is -2.58. The summed E-state index contributed by atoms with van der Waals surface area (Å²) in [7, 11) is 3.22. The van der Waals surface area contributed by atoms with Crippen LogP contribution >= 0.6 is 0 Å². The third kappa shape index (κ3) is 12.7. The summed E-state index contributed by atoms with van der Waals surface area (Å²) in [5, 5.41) is 34.2. The highest BCUT2D eigenvalue weighted by molar-refractivity contribution is 5.93. The van der Waals surface area contributed by atoms with Crippen LogP contribution in [0.15, 0.2) is 82.5 Å². The fourth-order valence-corrected chi connectivity index (χ4v) is 18.0. The van der Waals surface area contributed by atoms with Crippen molar-refractivity contribution in [3.63, 3.8) is 0 Å². The lowest BCUT2D eigenvalue weighted by molar-refractivity contribution is -0.318. The van der Waals surface area contributed by atoms with Crippen LogP contribution in [0.2, 0.25) is 0 Å². The zero-order valence-corrected chi connectivity index (χ0v) is 56.0. The summed E-state index contributed by atoms with van der Waals surface area (Å²) < 4.78 is 69.5. The number of hydrogen-bond acceptors (Lipinski definition) is 18. The fraction of sp³-hybridized carbons (Fsp3) is 0.750. The van der Waals surface area contributed by atoms with Gasteiger partial charge in [-0.3, -0.25) is 19.2 Å². The topological polar surface area (TPSA) is 230 Å². The molecule has 11 rings (SSSR count). The van der Waals surface area contributed by atoms with E-state index in [9.17, 15) is 34.5 Å². The average Bonchev–Trinajstić information content (AvgIpc) is 1.43. The smallest absolute Gasteiger partial charge is 0.316 e. The molecular formula is C72H104O18. The first-order chi connectivity index (χ1) is 42.5. The number of carbonyl (C=O) groups is 4. The first-order valence-electron chi connectivity index (χ1n) is 33.6. The molecule has 0 radical (unpaired) electrons. The molecule has 26 unspecified atom stereocenters. The van der Waals surface area contributed by atoms with E-state index in [0.29, 0.717) is 73.8 Å². The van der Waals surface area contributed by atoms with Crippen molar-refractivity contribution < 1.29 is 86.6 Å². The van der Waals surface area contributed by atoms with Gasteiger partial charge in [-0.1, -0.05) is 96.1 Å². The van der Waals surface area contributed by atoms with E-state index >= 15 is 0 Å². The van der Waals surface area contributed by atoms with Gasteiger partial charge in [0.1, 0.15) is 42.0 Å². The summed E-state index contributed by atoms with van der Waals surface area (Å²) in [6, 6.07) is 0. The van der Waals surface area contributed by atoms with Gasteiger partial charge in [0.2, 0.25) is 0 Å². The maximum absolute atomic E-state index is 14.3. The minimum atomic E-state index is -1.84. The summed E-state index contributed by atoms with van der Waals surface area (Å²) in [6.07, 6.45) is 17.7. The molecule has 0 aromatic rings. The third-order valence-corrected chi connectivity index (χ3v) is 23.3. The highest BCUT2D eigenvalue weighted by atomic mass is 16.7. The van der Waals surface area contributed by atoms with E-state index in [4.69, 9.17) is 52.1 Å². The van der Waals surface area contributed by atoms with E-state index in [2.05, 4.69) is 66.7 Å². The molecule has 18 nitrogen and oxygen atoms in total. The van der Waals surface area contributed by atoms with Crippen molar-refractivity contribution >= 4 is 23.5 Å². The number of carbonyl (C=O) groups excluding carboxylic acids is 4. The molecule has 18 heteroatoms. The van der Waals surface area contributed by atoms with Crippen molar-refractivity contribution in [3.05, 3.63) is 82.5 Å². The van der Waals surface area contributed by atoms with Gasteiger partial charge in [0.05, 0.1) is 49.3 Å². The van der Waals surface area contributed by atoms with Gasteiger partial charge < -0.3 is 67.4 Å². The third-order valence-electron chi connectivity index (χ3n) is 23.3. The average molecular weight is 1260 g/mol. The number of aliphatic hydroxyl groups is 3. The van der Waals surface area contributed by atoms with Crippen molar-refractivity contribution in [1.29, 1.82) is 0 Å². The van der Waals surface area contributed by atoms with E-state index in [1.807, 2.05) is 38.2 Å². The normalized spacial score (nSPS) is 46.2. The molecule has 2 saturated carbocycles. The number of esters is 2. The Kier molecular flexibility index (Phi) is 20.7. The molecule has 0 aromatic heterocycles. The molecule has 6 fully saturated rings. The van der Waals surface area contributed by atoms with Crippen LogP contribution in [0.4, 0.5) is 0 Å². The van der Waals surface area contributed by atoms with E-state index in [1.165, 1.54) is 18.1 Å². The van der Waals surface area contributed by atoms with Crippen LogP contribution in [0.5, 0.6) is 0 Å². The fourth-order valence-electron chi connectivity index (χ4n) is 18.0. The van der Waals surface area contributed by atoms with Crippen LogP contribution in [0.3, 0.4) is 0 Å². The number of fused-ring (bicyclic) bond motifs is 7. The highest BCUT2D eigenvalue weighted by Gasteiger charge is 2.68. The Labute approximate surface area is 533 Å². The van der Waals surface area contributed by atoms with Crippen LogP contribution in [0.25, 0.3) is 0 Å². The molecule has 3 N–H and O–H groups in total. The Morgan fingerprint density at radius 2 is 1.52 bits per heavy atom. The first kappa shape index (κ1) is 68.8. The number of allylic oxidation sites excluding steroid dienone is 6. The predicted octanol–water partition coefficient (Wildman–Crippen LogP) is 9.95. The Morgan fingerprint density at radius 1 is 0.822 bits per heavy atom. The molecule has 90 heavy (non-hydrogen) atoms. The molecule has 11 aliphatic rings. The van der Waals surface area contributed by atoms with Crippen molar-refractivity contribution in [2.75, 3.05) is 20.8 Å². The largest absolute Gasteiger partial charge is 0.462 e. The number of methoxy groups -OCH3 is 2. The molecule has 5 aliphatic carbocycles. The van der Waals surface area contributed by atoms with Gasteiger partial charge in [-0.2, -0.15) is 0 Å². The molecule has 1 spiro atoms. The van der Waals surface area contributed by atoms with Gasteiger partial charge in [-0.05, 0) is 144 Å². The Bertz CT molecular complexity index is 2910. The maximum Gasteiger partial charge on any atom is 0.316 e. The minimum absolute atomic E-state index is 0.0160. The second-order valence-electron chi connectivity index (χ2n) is 29.0. The van der Waals surface area contributed by atoms with Crippen molar-refractivity contribution in [2.45, 2.75) is 270 Å². The second kappa shape index (κ2) is 27.0. The van der Waals surface area contributed by atoms with Crippen LogP contribution in [0.1, 0.15) is 167 Å². The molecule has 2 bridgehead atoms. The molecule has 0 amide bonds. The summed E-state index contributed by atoms with van der Waals surface area (Å²) in [5.74, 6) is -1.53. The Morgan fingerprint density at radius 3 is 2.22 bits per heavy atom. The zero-order valence-electron chi connectivity index (χ0n) is 56.0. The van der Waals surface area contributed by atoms with Gasteiger partial charge in [-0.25, -0.2) is 0 Å². The van der Waals surface area contributed by atoms with Crippen LogP contribution < -0.4 is 0 Å². The Hall–Kier alpha value is -4.02. The zero-order chi connectivity index (χ0) is 65.2. The van der Waals surface area contributed by atoms with E-state index < -0.39 is 96.4 Å². The predicted molar refractivity (Wildman–Crippen MR) is 334 cm³/mol. The van der Waals surface area contributed by atoms with Gasteiger partial charge in [0, 0.05) is 70.5 Å². The number of hydrogen-bond donors (Lipinski definition) is 3. The summed E-state index contributed by atoms with van der Waals surface area (Å²) >= 11 is 0. The number of ketones is 2. The molecule has 500 valence electrons. The van der Waals surface area contributed by atoms with Crippen molar-refractivity contribution in [1.82, 2.24) is 0 Å².